The van der Waals surface area contributed by atoms with E-state index in [1.54, 1.807) is 11.1 Å². The van der Waals surface area contributed by atoms with Crippen molar-refractivity contribution in [3.8, 4) is 0 Å². The summed E-state index contributed by atoms with van der Waals surface area (Å²) in [7, 11) is 0. The first-order valence-corrected chi connectivity index (χ1v) is 7.98. The molecule has 0 atom stereocenters. The molecule has 2 aromatic carbocycles. The van der Waals surface area contributed by atoms with Crippen molar-refractivity contribution in [2.24, 2.45) is 5.84 Å². The second kappa shape index (κ2) is 7.11. The van der Waals surface area contributed by atoms with Gasteiger partial charge in [0.05, 0.1) is 17.9 Å². The Hall–Kier alpha value is -3.25. The molecule has 0 radical (unpaired) electrons. The third-order valence-corrected chi connectivity index (χ3v) is 4.05. The number of nitrogens with two attached hydrogens (primary N) is 4. The summed E-state index contributed by atoms with van der Waals surface area (Å²) in [4.78, 5) is 3.94. The Morgan fingerprint density at radius 3 is 2.16 bits per heavy atom. The first-order valence-electron chi connectivity index (χ1n) is 7.98. The van der Waals surface area contributed by atoms with Gasteiger partial charge in [0.1, 0.15) is 11.6 Å². The zero-order chi connectivity index (χ0) is 17.8. The number of nitrogens with zero attached hydrogens (tertiary/aromatic N) is 2. The largest absolute Gasteiger partial charge is 0.395 e. The zero-order valence-corrected chi connectivity index (χ0v) is 13.9. The summed E-state index contributed by atoms with van der Waals surface area (Å²) in [5, 5.41) is 1.61. The lowest BCUT2D eigenvalue weighted by Crippen LogP contribution is -2.30. The number of benzene rings is 2. The maximum Gasteiger partial charge on any atom is 0.149 e. The Morgan fingerprint density at radius 2 is 1.48 bits per heavy atom. The van der Waals surface area contributed by atoms with Gasteiger partial charge in [0.2, 0.25) is 0 Å². The quantitative estimate of drug-likeness (QED) is 0.420. The van der Waals surface area contributed by atoms with E-state index in [0.29, 0.717) is 18.1 Å². The van der Waals surface area contributed by atoms with Crippen LogP contribution in [-0.2, 0) is 13.0 Å². The van der Waals surface area contributed by atoms with E-state index in [2.05, 4.69) is 29.2 Å². The molecule has 0 saturated carbocycles. The van der Waals surface area contributed by atoms with Crippen LogP contribution in [-0.4, -0.2) is 4.98 Å². The summed E-state index contributed by atoms with van der Waals surface area (Å²) in [6.07, 6.45) is 0.885. The molecule has 128 valence electrons. The van der Waals surface area contributed by atoms with E-state index >= 15 is 0 Å². The standard InChI is InChI=1S/C19H22N6/c20-17-11-15(18(21)19(22)24-17)12-25(23)16-8-6-14(7-9-16)10-13-4-2-1-3-5-13/h1-9,11H,10,12,21,23H2,(H4,20,22,24). The molecule has 0 aliphatic heterocycles. The van der Waals surface area contributed by atoms with Crippen molar-refractivity contribution in [3.63, 3.8) is 0 Å². The topological polar surface area (TPSA) is 120 Å². The van der Waals surface area contributed by atoms with Crippen LogP contribution >= 0.6 is 0 Å². The maximum atomic E-state index is 6.17. The average Bonchev–Trinajstić information content (AvgIpc) is 2.60. The van der Waals surface area contributed by atoms with Crippen LogP contribution in [0.1, 0.15) is 16.7 Å². The number of anilines is 4. The minimum absolute atomic E-state index is 0.224. The highest BCUT2D eigenvalue weighted by Gasteiger charge is 2.10. The lowest BCUT2D eigenvalue weighted by atomic mass is 10.0. The van der Waals surface area contributed by atoms with Gasteiger partial charge in [-0.1, -0.05) is 42.5 Å². The van der Waals surface area contributed by atoms with Gasteiger partial charge in [0, 0.05) is 5.56 Å². The smallest absolute Gasteiger partial charge is 0.149 e. The zero-order valence-electron chi connectivity index (χ0n) is 13.9. The highest BCUT2D eigenvalue weighted by atomic mass is 15.4. The van der Waals surface area contributed by atoms with Crippen LogP contribution in [0.5, 0.6) is 0 Å². The van der Waals surface area contributed by atoms with Crippen molar-refractivity contribution < 1.29 is 0 Å². The van der Waals surface area contributed by atoms with E-state index in [1.165, 1.54) is 11.1 Å². The molecule has 0 spiro atoms. The Bertz CT molecular complexity index is 846. The van der Waals surface area contributed by atoms with Crippen molar-refractivity contribution >= 4 is 23.0 Å². The molecule has 0 amide bonds. The number of hydrogen-bond donors (Lipinski definition) is 4. The van der Waals surface area contributed by atoms with Crippen LogP contribution in [0.25, 0.3) is 0 Å². The lowest BCUT2D eigenvalue weighted by molar-refractivity contribution is 0.853. The van der Waals surface area contributed by atoms with Crippen LogP contribution in [0.4, 0.5) is 23.0 Å². The fraction of sp³-hybridized carbons (Fsp3) is 0.105. The number of nitrogen functional groups attached to an aromatic ring is 3. The molecule has 0 bridgehead atoms. The number of aromatic nitrogens is 1. The van der Waals surface area contributed by atoms with Gasteiger partial charge in [-0.25, -0.2) is 10.8 Å². The number of hydrogen-bond acceptors (Lipinski definition) is 6. The summed E-state index contributed by atoms with van der Waals surface area (Å²) in [5.41, 5.74) is 22.0. The molecule has 0 aliphatic rings. The van der Waals surface area contributed by atoms with Crippen molar-refractivity contribution in [2.45, 2.75) is 13.0 Å². The van der Waals surface area contributed by atoms with Gasteiger partial charge in [-0.3, -0.25) is 0 Å². The summed E-state index contributed by atoms with van der Waals surface area (Å²) >= 11 is 0. The van der Waals surface area contributed by atoms with Gasteiger partial charge in [-0.05, 0) is 35.7 Å². The van der Waals surface area contributed by atoms with Crippen LogP contribution in [0, 0.1) is 0 Å². The second-order valence-electron chi connectivity index (χ2n) is 5.96. The normalized spacial score (nSPS) is 10.6. The molecule has 1 heterocycles. The highest BCUT2D eigenvalue weighted by molar-refractivity contribution is 5.67. The van der Waals surface area contributed by atoms with E-state index in [1.807, 2.05) is 30.3 Å². The molecule has 25 heavy (non-hydrogen) atoms. The Kier molecular flexibility index (Phi) is 4.72. The first kappa shape index (κ1) is 16.6. The SMILES string of the molecule is Nc1cc(CN(N)c2ccc(Cc3ccccc3)cc2)c(N)c(N)n1. The number of rotatable bonds is 5. The molecular weight excluding hydrogens is 312 g/mol. The summed E-state index contributed by atoms with van der Waals surface area (Å²) in [6.45, 7) is 0.390. The molecule has 0 fully saturated rings. The number of hydrazine groups is 1. The Balaban J connectivity index is 1.72. The van der Waals surface area contributed by atoms with Crippen molar-refractivity contribution in [1.29, 1.82) is 0 Å². The molecular formula is C19H22N6. The van der Waals surface area contributed by atoms with Gasteiger partial charge in [0.25, 0.3) is 0 Å². The van der Waals surface area contributed by atoms with Crippen LogP contribution in [0.15, 0.2) is 60.7 Å². The molecule has 3 rings (SSSR count). The summed E-state index contributed by atoms with van der Waals surface area (Å²) in [6, 6.07) is 20.1. The molecule has 1 aromatic heterocycles. The van der Waals surface area contributed by atoms with Crippen LogP contribution in [0.2, 0.25) is 0 Å². The molecule has 6 heteroatoms. The van der Waals surface area contributed by atoms with Crippen molar-refractivity contribution in [1.82, 2.24) is 4.98 Å². The molecule has 0 saturated heterocycles. The first-order chi connectivity index (χ1) is 12.0. The van der Waals surface area contributed by atoms with E-state index < -0.39 is 0 Å². The second-order valence-corrected chi connectivity index (χ2v) is 5.96. The third kappa shape index (κ3) is 3.99. The maximum absolute atomic E-state index is 6.17. The lowest BCUT2D eigenvalue weighted by Gasteiger charge is -2.20. The fourth-order valence-electron chi connectivity index (χ4n) is 2.69. The van der Waals surface area contributed by atoms with Gasteiger partial charge in [-0.2, -0.15) is 0 Å². The fourth-order valence-corrected chi connectivity index (χ4v) is 2.69. The van der Waals surface area contributed by atoms with Gasteiger partial charge in [-0.15, -0.1) is 0 Å². The molecule has 0 unspecified atom stereocenters. The summed E-state index contributed by atoms with van der Waals surface area (Å²) in [5.74, 6) is 6.73. The van der Waals surface area contributed by atoms with Crippen molar-refractivity contribution in [3.05, 3.63) is 77.4 Å². The monoisotopic (exact) mass is 334 g/mol. The van der Waals surface area contributed by atoms with Crippen LogP contribution in [0.3, 0.4) is 0 Å². The summed E-state index contributed by atoms with van der Waals surface area (Å²) < 4.78 is 0. The highest BCUT2D eigenvalue weighted by Crippen LogP contribution is 2.23. The Labute approximate surface area is 147 Å². The predicted octanol–water partition coefficient (Wildman–Crippen LogP) is 2.30. The van der Waals surface area contributed by atoms with E-state index in [4.69, 9.17) is 23.0 Å². The van der Waals surface area contributed by atoms with Gasteiger partial charge in [0.15, 0.2) is 0 Å². The third-order valence-electron chi connectivity index (χ3n) is 4.05. The molecule has 6 nitrogen and oxygen atoms in total. The van der Waals surface area contributed by atoms with Crippen molar-refractivity contribution in [2.75, 3.05) is 22.2 Å². The van der Waals surface area contributed by atoms with E-state index in [0.717, 1.165) is 17.7 Å². The van der Waals surface area contributed by atoms with E-state index in [9.17, 15) is 0 Å². The average molecular weight is 334 g/mol. The minimum atomic E-state index is 0.224. The molecule has 8 N–H and O–H groups in total. The van der Waals surface area contributed by atoms with Gasteiger partial charge < -0.3 is 22.2 Å². The van der Waals surface area contributed by atoms with Gasteiger partial charge >= 0.3 is 0 Å². The van der Waals surface area contributed by atoms with E-state index in [-0.39, 0.29) is 5.82 Å². The minimum Gasteiger partial charge on any atom is -0.395 e. The molecule has 3 aromatic rings. The van der Waals surface area contributed by atoms with Crippen LogP contribution < -0.4 is 28.1 Å². The number of pyridine rings is 1. The Morgan fingerprint density at radius 1 is 0.840 bits per heavy atom. The predicted molar refractivity (Wildman–Crippen MR) is 104 cm³/mol. The molecule has 0 aliphatic carbocycles.